The summed E-state index contributed by atoms with van der Waals surface area (Å²) in [5, 5.41) is 0.889. The number of pyridine rings is 1. The van der Waals surface area contributed by atoms with Gasteiger partial charge in [0.1, 0.15) is 0 Å². The largest absolute Gasteiger partial charge is 0.493 e. The van der Waals surface area contributed by atoms with E-state index in [1.54, 1.807) is 26.2 Å². The standard InChI is InChI=1S/C25H27N3O4/c1-16(32-22-10-6-5-9-21(22)31-2)25(30)28-13-11-17(12-14-28)23-19(24(26)29)15-18-7-3-4-8-20(18)27-23/h3-10,15-17H,11-14H2,1-2H3,(H2,26,29). The summed E-state index contributed by atoms with van der Waals surface area (Å²) in [6, 6.07) is 16.8. The second-order valence-corrected chi connectivity index (χ2v) is 7.99. The van der Waals surface area contributed by atoms with Crippen LogP contribution in [0.5, 0.6) is 11.5 Å². The van der Waals surface area contributed by atoms with Gasteiger partial charge >= 0.3 is 0 Å². The number of ether oxygens (including phenoxy) is 2. The van der Waals surface area contributed by atoms with Crippen LogP contribution in [0.3, 0.4) is 0 Å². The fraction of sp³-hybridized carbons (Fsp3) is 0.320. The molecule has 166 valence electrons. The summed E-state index contributed by atoms with van der Waals surface area (Å²) in [6.07, 6.45) is 0.778. The molecule has 1 atom stereocenters. The lowest BCUT2D eigenvalue weighted by Gasteiger charge is -2.34. The van der Waals surface area contributed by atoms with Gasteiger partial charge < -0.3 is 20.1 Å². The van der Waals surface area contributed by atoms with Crippen molar-refractivity contribution in [2.45, 2.75) is 31.8 Å². The summed E-state index contributed by atoms with van der Waals surface area (Å²) in [7, 11) is 1.57. The third-order valence-corrected chi connectivity index (χ3v) is 5.93. The Hall–Kier alpha value is -3.61. The maximum absolute atomic E-state index is 13.0. The van der Waals surface area contributed by atoms with Crippen molar-refractivity contribution in [2.75, 3.05) is 20.2 Å². The zero-order valence-corrected chi connectivity index (χ0v) is 18.3. The van der Waals surface area contributed by atoms with Crippen molar-refractivity contribution in [3.05, 3.63) is 65.9 Å². The van der Waals surface area contributed by atoms with E-state index in [1.807, 2.05) is 47.4 Å². The number of nitrogens with zero attached hydrogens (tertiary/aromatic N) is 2. The van der Waals surface area contributed by atoms with Crippen LogP contribution in [-0.4, -0.2) is 48.0 Å². The van der Waals surface area contributed by atoms with Crippen LogP contribution < -0.4 is 15.2 Å². The number of fused-ring (bicyclic) bond motifs is 1. The number of aromatic nitrogens is 1. The number of amides is 2. The first-order chi connectivity index (χ1) is 15.5. The number of hydrogen-bond donors (Lipinski definition) is 1. The Balaban J connectivity index is 1.45. The molecule has 1 aromatic heterocycles. The van der Waals surface area contributed by atoms with Gasteiger partial charge in [0, 0.05) is 24.4 Å². The van der Waals surface area contributed by atoms with Gasteiger partial charge in [0.15, 0.2) is 17.6 Å². The molecule has 4 rings (SSSR count). The first-order valence-corrected chi connectivity index (χ1v) is 10.8. The minimum Gasteiger partial charge on any atom is -0.493 e. The Morgan fingerprint density at radius 3 is 2.41 bits per heavy atom. The molecule has 0 aliphatic carbocycles. The van der Waals surface area contributed by atoms with Gasteiger partial charge in [-0.2, -0.15) is 0 Å². The monoisotopic (exact) mass is 433 g/mol. The van der Waals surface area contributed by atoms with E-state index >= 15 is 0 Å². The fourth-order valence-corrected chi connectivity index (χ4v) is 4.23. The van der Waals surface area contributed by atoms with Gasteiger partial charge in [-0.25, -0.2) is 0 Å². The minimum absolute atomic E-state index is 0.0663. The molecule has 1 fully saturated rings. The highest BCUT2D eigenvalue weighted by molar-refractivity contribution is 5.97. The minimum atomic E-state index is -0.636. The summed E-state index contributed by atoms with van der Waals surface area (Å²) < 4.78 is 11.2. The van der Waals surface area contributed by atoms with Crippen LogP contribution in [0.2, 0.25) is 0 Å². The Morgan fingerprint density at radius 2 is 1.72 bits per heavy atom. The van der Waals surface area contributed by atoms with Crippen molar-refractivity contribution in [1.29, 1.82) is 0 Å². The topological polar surface area (TPSA) is 94.8 Å². The zero-order chi connectivity index (χ0) is 22.7. The number of methoxy groups -OCH3 is 1. The summed E-state index contributed by atoms with van der Waals surface area (Å²) >= 11 is 0. The van der Waals surface area contributed by atoms with E-state index in [1.165, 1.54) is 0 Å². The van der Waals surface area contributed by atoms with Crippen LogP contribution in [0.1, 0.15) is 41.7 Å². The molecule has 2 aromatic carbocycles. The molecule has 2 heterocycles. The number of carbonyl (C=O) groups excluding carboxylic acids is 2. The first-order valence-electron chi connectivity index (χ1n) is 10.8. The van der Waals surface area contributed by atoms with Crippen molar-refractivity contribution in [2.24, 2.45) is 5.73 Å². The molecule has 0 radical (unpaired) electrons. The van der Waals surface area contributed by atoms with Gasteiger partial charge in [0.2, 0.25) is 0 Å². The molecule has 0 spiro atoms. The van der Waals surface area contributed by atoms with Crippen LogP contribution >= 0.6 is 0 Å². The lowest BCUT2D eigenvalue weighted by Crippen LogP contribution is -2.44. The summed E-state index contributed by atoms with van der Waals surface area (Å²) in [5.41, 5.74) is 7.68. The number of benzene rings is 2. The summed E-state index contributed by atoms with van der Waals surface area (Å²) in [5.74, 6) is 0.646. The van der Waals surface area contributed by atoms with E-state index < -0.39 is 12.0 Å². The third-order valence-electron chi connectivity index (χ3n) is 5.93. The molecule has 2 amide bonds. The predicted octanol–water partition coefficient (Wildman–Crippen LogP) is 3.52. The number of hydrogen-bond acceptors (Lipinski definition) is 5. The molecular formula is C25H27N3O4. The summed E-state index contributed by atoms with van der Waals surface area (Å²) in [6.45, 7) is 2.88. The van der Waals surface area contributed by atoms with Crippen molar-refractivity contribution in [3.63, 3.8) is 0 Å². The number of para-hydroxylation sites is 3. The maximum atomic E-state index is 13.0. The van der Waals surface area contributed by atoms with Crippen LogP contribution in [0.4, 0.5) is 0 Å². The Morgan fingerprint density at radius 1 is 1.06 bits per heavy atom. The summed E-state index contributed by atoms with van der Waals surface area (Å²) in [4.78, 5) is 31.6. The van der Waals surface area contributed by atoms with E-state index in [-0.39, 0.29) is 11.8 Å². The normalized spacial score (nSPS) is 15.4. The van der Waals surface area contributed by atoms with Crippen molar-refractivity contribution in [1.82, 2.24) is 9.88 Å². The molecule has 1 aliphatic heterocycles. The number of nitrogens with two attached hydrogens (primary N) is 1. The van der Waals surface area contributed by atoms with Crippen LogP contribution in [0.15, 0.2) is 54.6 Å². The van der Waals surface area contributed by atoms with Gasteiger partial charge in [-0.3, -0.25) is 14.6 Å². The van der Waals surface area contributed by atoms with Gasteiger partial charge in [-0.05, 0) is 44.0 Å². The molecule has 7 nitrogen and oxygen atoms in total. The quantitative estimate of drug-likeness (QED) is 0.642. The first kappa shape index (κ1) is 21.6. The number of likely N-dealkylation sites (tertiary alicyclic amines) is 1. The SMILES string of the molecule is COc1ccccc1OC(C)C(=O)N1CCC(c2nc3ccccc3cc2C(N)=O)CC1. The van der Waals surface area contributed by atoms with Crippen LogP contribution in [0, 0.1) is 0 Å². The second kappa shape index (κ2) is 9.26. The molecular weight excluding hydrogens is 406 g/mol. The Bertz CT molecular complexity index is 1140. The lowest BCUT2D eigenvalue weighted by atomic mass is 9.89. The van der Waals surface area contributed by atoms with Gasteiger partial charge in [0.25, 0.3) is 11.8 Å². The smallest absolute Gasteiger partial charge is 0.263 e. The number of piperidine rings is 1. The molecule has 7 heteroatoms. The van der Waals surface area contributed by atoms with Gasteiger partial charge in [-0.1, -0.05) is 30.3 Å². The number of carbonyl (C=O) groups is 2. The molecule has 0 bridgehead atoms. The Labute approximate surface area is 187 Å². The fourth-order valence-electron chi connectivity index (χ4n) is 4.23. The highest BCUT2D eigenvalue weighted by Crippen LogP contribution is 2.32. The van der Waals surface area contributed by atoms with E-state index in [9.17, 15) is 9.59 Å². The third kappa shape index (κ3) is 4.37. The van der Waals surface area contributed by atoms with Crippen LogP contribution in [0.25, 0.3) is 10.9 Å². The molecule has 2 N–H and O–H groups in total. The molecule has 1 aliphatic rings. The van der Waals surface area contributed by atoms with Crippen molar-refractivity contribution >= 4 is 22.7 Å². The average molecular weight is 434 g/mol. The number of primary amides is 1. The van der Waals surface area contributed by atoms with E-state index in [2.05, 4.69) is 0 Å². The van der Waals surface area contributed by atoms with E-state index in [0.717, 1.165) is 16.6 Å². The lowest BCUT2D eigenvalue weighted by molar-refractivity contribution is -0.139. The molecule has 1 saturated heterocycles. The molecule has 0 saturated carbocycles. The predicted molar refractivity (Wildman–Crippen MR) is 122 cm³/mol. The van der Waals surface area contributed by atoms with Gasteiger partial charge in [-0.15, -0.1) is 0 Å². The van der Waals surface area contributed by atoms with E-state index in [4.69, 9.17) is 20.2 Å². The second-order valence-electron chi connectivity index (χ2n) is 7.99. The number of rotatable bonds is 6. The van der Waals surface area contributed by atoms with Crippen molar-refractivity contribution in [3.8, 4) is 11.5 Å². The molecule has 1 unspecified atom stereocenters. The average Bonchev–Trinajstić information content (AvgIpc) is 2.83. The van der Waals surface area contributed by atoms with Gasteiger partial charge in [0.05, 0.1) is 23.9 Å². The highest BCUT2D eigenvalue weighted by Gasteiger charge is 2.30. The van der Waals surface area contributed by atoms with Crippen molar-refractivity contribution < 1.29 is 19.1 Å². The molecule has 3 aromatic rings. The Kier molecular flexibility index (Phi) is 6.25. The zero-order valence-electron chi connectivity index (χ0n) is 18.3. The highest BCUT2D eigenvalue weighted by atomic mass is 16.5. The van der Waals surface area contributed by atoms with Crippen LogP contribution in [-0.2, 0) is 4.79 Å². The maximum Gasteiger partial charge on any atom is 0.263 e. The van der Waals surface area contributed by atoms with E-state index in [0.29, 0.717) is 43.0 Å². The molecule has 32 heavy (non-hydrogen) atoms.